The molecule has 1 saturated carbocycles. The second-order valence-electron chi connectivity index (χ2n) is 4.90. The Balaban J connectivity index is 2.29. The lowest BCUT2D eigenvalue weighted by molar-refractivity contribution is 0.308. The zero-order chi connectivity index (χ0) is 11.1. The van der Waals surface area contributed by atoms with Gasteiger partial charge in [0.05, 0.1) is 12.1 Å². The zero-order valence-electron chi connectivity index (χ0n) is 10.1. The van der Waals surface area contributed by atoms with Crippen molar-refractivity contribution < 1.29 is 0 Å². The Hall–Kier alpha value is -0.550. The fraction of sp³-hybridized carbons (Fsp3) is 0.923. The molecule has 0 aromatic carbocycles. The van der Waals surface area contributed by atoms with Crippen LogP contribution in [0.25, 0.3) is 0 Å². The van der Waals surface area contributed by atoms with Crippen LogP contribution in [0, 0.1) is 17.2 Å². The molecule has 1 N–H and O–H groups in total. The highest BCUT2D eigenvalue weighted by Crippen LogP contribution is 2.27. The van der Waals surface area contributed by atoms with Crippen LogP contribution in [0.3, 0.4) is 0 Å². The van der Waals surface area contributed by atoms with Gasteiger partial charge in [0, 0.05) is 6.04 Å². The normalized spacial score (nSPS) is 21.9. The number of hydrogen-bond donors (Lipinski definition) is 1. The molecule has 0 aliphatic heterocycles. The van der Waals surface area contributed by atoms with Crippen molar-refractivity contribution in [2.24, 2.45) is 5.92 Å². The lowest BCUT2D eigenvalue weighted by Crippen LogP contribution is -2.36. The molecule has 86 valence electrons. The van der Waals surface area contributed by atoms with Crippen LogP contribution in [0.15, 0.2) is 0 Å². The largest absolute Gasteiger partial charge is 0.299 e. The SMILES string of the molecule is CCC(C)NC(C#N)CC1CCCCC1. The van der Waals surface area contributed by atoms with Crippen molar-refractivity contribution in [3.63, 3.8) is 0 Å². The van der Waals surface area contributed by atoms with Gasteiger partial charge >= 0.3 is 0 Å². The van der Waals surface area contributed by atoms with E-state index in [2.05, 4.69) is 25.2 Å². The lowest BCUT2D eigenvalue weighted by Gasteiger charge is -2.25. The van der Waals surface area contributed by atoms with Gasteiger partial charge in [0.2, 0.25) is 0 Å². The third-order valence-electron chi connectivity index (χ3n) is 3.55. The van der Waals surface area contributed by atoms with E-state index in [0.717, 1.165) is 18.8 Å². The summed E-state index contributed by atoms with van der Waals surface area (Å²) < 4.78 is 0. The standard InChI is InChI=1S/C13H24N2/c1-3-11(2)15-13(10-14)9-12-7-5-4-6-8-12/h11-13,15H,3-9H2,1-2H3. The Morgan fingerprint density at radius 3 is 2.53 bits per heavy atom. The Morgan fingerprint density at radius 1 is 1.33 bits per heavy atom. The minimum Gasteiger partial charge on any atom is -0.299 e. The van der Waals surface area contributed by atoms with Gasteiger partial charge in [-0.1, -0.05) is 39.0 Å². The van der Waals surface area contributed by atoms with Crippen LogP contribution in [0.4, 0.5) is 0 Å². The second kappa shape index (κ2) is 6.85. The Morgan fingerprint density at radius 2 is 2.00 bits per heavy atom. The summed E-state index contributed by atoms with van der Waals surface area (Å²) in [6.45, 7) is 4.32. The molecule has 1 rings (SSSR count). The highest BCUT2D eigenvalue weighted by atomic mass is 14.9. The first kappa shape index (κ1) is 12.5. The summed E-state index contributed by atoms with van der Waals surface area (Å²) in [6, 6.07) is 2.95. The van der Waals surface area contributed by atoms with Crippen molar-refractivity contribution in [2.45, 2.75) is 70.9 Å². The maximum Gasteiger partial charge on any atom is 0.0957 e. The van der Waals surface area contributed by atoms with Gasteiger partial charge in [0.25, 0.3) is 0 Å². The number of nitrogens with one attached hydrogen (secondary N) is 1. The van der Waals surface area contributed by atoms with Crippen molar-refractivity contribution in [1.29, 1.82) is 5.26 Å². The average molecular weight is 208 g/mol. The minimum absolute atomic E-state index is 0.0723. The van der Waals surface area contributed by atoms with E-state index >= 15 is 0 Å². The second-order valence-corrected chi connectivity index (χ2v) is 4.90. The Kier molecular flexibility index (Phi) is 5.71. The van der Waals surface area contributed by atoms with E-state index in [1.165, 1.54) is 32.1 Å². The lowest BCUT2D eigenvalue weighted by atomic mass is 9.85. The van der Waals surface area contributed by atoms with Crippen LogP contribution in [0.1, 0.15) is 58.8 Å². The zero-order valence-corrected chi connectivity index (χ0v) is 10.1. The van der Waals surface area contributed by atoms with E-state index in [1.54, 1.807) is 0 Å². The first-order chi connectivity index (χ1) is 7.26. The van der Waals surface area contributed by atoms with E-state index in [1.807, 2.05) is 0 Å². The topological polar surface area (TPSA) is 35.8 Å². The van der Waals surface area contributed by atoms with Gasteiger partial charge in [-0.3, -0.25) is 5.32 Å². The maximum atomic E-state index is 9.09. The molecule has 0 saturated heterocycles. The molecule has 1 aliphatic carbocycles. The van der Waals surface area contributed by atoms with Gasteiger partial charge in [-0.2, -0.15) is 5.26 Å². The highest BCUT2D eigenvalue weighted by Gasteiger charge is 2.19. The Bertz CT molecular complexity index is 201. The molecule has 1 fully saturated rings. The third kappa shape index (κ3) is 4.66. The minimum atomic E-state index is 0.0723. The number of nitriles is 1. The molecule has 2 unspecified atom stereocenters. The Labute approximate surface area is 94.1 Å². The molecule has 0 spiro atoms. The summed E-state index contributed by atoms with van der Waals surface area (Å²) >= 11 is 0. The van der Waals surface area contributed by atoms with Crippen LogP contribution >= 0.6 is 0 Å². The highest BCUT2D eigenvalue weighted by molar-refractivity contribution is 4.92. The molecule has 2 heteroatoms. The van der Waals surface area contributed by atoms with Crippen molar-refractivity contribution in [1.82, 2.24) is 5.32 Å². The molecule has 0 heterocycles. The first-order valence-electron chi connectivity index (χ1n) is 6.42. The number of rotatable bonds is 5. The maximum absolute atomic E-state index is 9.09. The summed E-state index contributed by atoms with van der Waals surface area (Å²) in [5, 5.41) is 12.5. The molecule has 2 atom stereocenters. The van der Waals surface area contributed by atoms with E-state index < -0.39 is 0 Å². The smallest absolute Gasteiger partial charge is 0.0957 e. The van der Waals surface area contributed by atoms with E-state index in [4.69, 9.17) is 5.26 Å². The molecule has 0 amide bonds. The van der Waals surface area contributed by atoms with Gasteiger partial charge in [0.1, 0.15) is 0 Å². The molecular formula is C13H24N2. The van der Waals surface area contributed by atoms with E-state index in [9.17, 15) is 0 Å². The first-order valence-corrected chi connectivity index (χ1v) is 6.42. The summed E-state index contributed by atoms with van der Waals surface area (Å²) in [7, 11) is 0. The molecule has 0 radical (unpaired) electrons. The molecule has 0 aromatic rings. The van der Waals surface area contributed by atoms with Gasteiger partial charge in [-0.05, 0) is 25.7 Å². The quantitative estimate of drug-likeness (QED) is 0.753. The number of hydrogen-bond acceptors (Lipinski definition) is 2. The van der Waals surface area contributed by atoms with Crippen molar-refractivity contribution in [2.75, 3.05) is 0 Å². The molecule has 0 aromatic heterocycles. The fourth-order valence-corrected chi connectivity index (χ4v) is 2.38. The van der Waals surface area contributed by atoms with Gasteiger partial charge < -0.3 is 0 Å². The molecule has 1 aliphatic rings. The van der Waals surface area contributed by atoms with Crippen molar-refractivity contribution in [3.8, 4) is 6.07 Å². The predicted octanol–water partition coefficient (Wildman–Crippen LogP) is 3.24. The predicted molar refractivity (Wildman–Crippen MR) is 63.5 cm³/mol. The van der Waals surface area contributed by atoms with E-state index in [-0.39, 0.29) is 6.04 Å². The monoisotopic (exact) mass is 208 g/mol. The summed E-state index contributed by atoms with van der Waals surface area (Å²) in [4.78, 5) is 0. The summed E-state index contributed by atoms with van der Waals surface area (Å²) in [5.74, 6) is 0.792. The number of nitrogens with zero attached hydrogens (tertiary/aromatic N) is 1. The molecular weight excluding hydrogens is 184 g/mol. The molecule has 0 bridgehead atoms. The summed E-state index contributed by atoms with van der Waals surface area (Å²) in [6.07, 6.45) is 8.95. The fourth-order valence-electron chi connectivity index (χ4n) is 2.38. The summed E-state index contributed by atoms with van der Waals surface area (Å²) in [5.41, 5.74) is 0. The van der Waals surface area contributed by atoms with Gasteiger partial charge in [-0.15, -0.1) is 0 Å². The van der Waals surface area contributed by atoms with Crippen LogP contribution in [-0.4, -0.2) is 12.1 Å². The third-order valence-corrected chi connectivity index (χ3v) is 3.55. The van der Waals surface area contributed by atoms with Crippen LogP contribution < -0.4 is 5.32 Å². The van der Waals surface area contributed by atoms with Gasteiger partial charge in [-0.25, -0.2) is 0 Å². The van der Waals surface area contributed by atoms with Crippen LogP contribution in [0.5, 0.6) is 0 Å². The molecule has 15 heavy (non-hydrogen) atoms. The average Bonchev–Trinajstić information content (AvgIpc) is 2.29. The van der Waals surface area contributed by atoms with E-state index in [0.29, 0.717) is 6.04 Å². The molecule has 2 nitrogen and oxygen atoms in total. The van der Waals surface area contributed by atoms with Crippen molar-refractivity contribution >= 4 is 0 Å². The van der Waals surface area contributed by atoms with Crippen LogP contribution in [0.2, 0.25) is 0 Å². The van der Waals surface area contributed by atoms with Crippen LogP contribution in [-0.2, 0) is 0 Å². The van der Waals surface area contributed by atoms with Crippen molar-refractivity contribution in [3.05, 3.63) is 0 Å². The van der Waals surface area contributed by atoms with Gasteiger partial charge in [0.15, 0.2) is 0 Å².